The van der Waals surface area contributed by atoms with Gasteiger partial charge in [0.05, 0.1) is 12.0 Å². The first-order valence-electron chi connectivity index (χ1n) is 5.39. The maximum atomic E-state index is 11.7. The summed E-state index contributed by atoms with van der Waals surface area (Å²) in [5.41, 5.74) is -0.844. The molecule has 1 aromatic rings. The number of methoxy groups -OCH3 is 1. The first-order valence-corrected chi connectivity index (χ1v) is 6.94. The van der Waals surface area contributed by atoms with Crippen LogP contribution in [0.25, 0.3) is 0 Å². The Morgan fingerprint density at radius 3 is 2.50 bits per heavy atom. The van der Waals surface area contributed by atoms with Crippen LogP contribution in [-0.4, -0.2) is 32.9 Å². The number of hydrogen-bond acceptors (Lipinski definition) is 6. The molecule has 0 radical (unpaired) electrons. The topological polar surface area (TPSA) is 142 Å². The number of nitro benzene ring substituents is 1. The zero-order chi connectivity index (χ0) is 15.5. The molecule has 0 spiro atoms. The Hall–Kier alpha value is -2.20. The van der Waals surface area contributed by atoms with E-state index in [9.17, 15) is 23.3 Å². The van der Waals surface area contributed by atoms with Crippen LogP contribution in [0.2, 0.25) is 0 Å². The molecule has 0 heterocycles. The second kappa shape index (κ2) is 5.84. The Labute approximate surface area is 114 Å². The van der Waals surface area contributed by atoms with E-state index in [-0.39, 0.29) is 12.1 Å². The SMILES string of the molecule is CCNC(=O)c1cc([N+](=O)[O-])c(OC)c(S(N)(=O)=O)c1. The lowest BCUT2D eigenvalue weighted by Gasteiger charge is -2.10. The molecule has 1 amide bonds. The number of benzene rings is 1. The number of amides is 1. The van der Waals surface area contributed by atoms with Gasteiger partial charge in [0, 0.05) is 18.2 Å². The van der Waals surface area contributed by atoms with Crippen LogP contribution in [0.15, 0.2) is 17.0 Å². The Bertz CT molecular complexity index is 655. The van der Waals surface area contributed by atoms with Crippen LogP contribution in [-0.2, 0) is 10.0 Å². The van der Waals surface area contributed by atoms with Crippen molar-refractivity contribution in [2.24, 2.45) is 5.14 Å². The molecule has 0 saturated heterocycles. The van der Waals surface area contributed by atoms with E-state index in [4.69, 9.17) is 9.88 Å². The fourth-order valence-corrected chi connectivity index (χ4v) is 2.27. The molecule has 0 aliphatic heterocycles. The van der Waals surface area contributed by atoms with Crippen molar-refractivity contribution in [3.05, 3.63) is 27.8 Å². The van der Waals surface area contributed by atoms with Gasteiger partial charge in [0.25, 0.3) is 5.91 Å². The normalized spacial score (nSPS) is 10.9. The van der Waals surface area contributed by atoms with Crippen LogP contribution in [0.1, 0.15) is 17.3 Å². The van der Waals surface area contributed by atoms with Crippen molar-refractivity contribution in [3.8, 4) is 5.75 Å². The molecule has 0 atom stereocenters. The zero-order valence-corrected chi connectivity index (χ0v) is 11.6. The molecular formula is C10H13N3O6S. The molecule has 0 bridgehead atoms. The molecule has 110 valence electrons. The Kier molecular flexibility index (Phi) is 4.63. The molecule has 1 rings (SSSR count). The lowest BCUT2D eigenvalue weighted by molar-refractivity contribution is -0.386. The van der Waals surface area contributed by atoms with Crippen molar-refractivity contribution >= 4 is 21.6 Å². The Balaban J connectivity index is 3.65. The summed E-state index contributed by atoms with van der Waals surface area (Å²) in [6.07, 6.45) is 0. The number of sulfonamides is 1. The van der Waals surface area contributed by atoms with Crippen LogP contribution >= 0.6 is 0 Å². The third-order valence-electron chi connectivity index (χ3n) is 2.34. The van der Waals surface area contributed by atoms with Gasteiger partial charge in [-0.05, 0) is 13.0 Å². The van der Waals surface area contributed by atoms with Gasteiger partial charge in [0.1, 0.15) is 4.90 Å². The van der Waals surface area contributed by atoms with Crippen molar-refractivity contribution in [2.75, 3.05) is 13.7 Å². The van der Waals surface area contributed by atoms with Crippen LogP contribution < -0.4 is 15.2 Å². The highest BCUT2D eigenvalue weighted by atomic mass is 32.2. The van der Waals surface area contributed by atoms with Crippen molar-refractivity contribution in [1.29, 1.82) is 0 Å². The van der Waals surface area contributed by atoms with Gasteiger partial charge >= 0.3 is 5.69 Å². The van der Waals surface area contributed by atoms with Crippen molar-refractivity contribution in [2.45, 2.75) is 11.8 Å². The summed E-state index contributed by atoms with van der Waals surface area (Å²) in [5, 5.41) is 18.3. The Morgan fingerprint density at radius 2 is 2.10 bits per heavy atom. The second-order valence-electron chi connectivity index (χ2n) is 3.69. The summed E-state index contributed by atoms with van der Waals surface area (Å²) >= 11 is 0. The highest BCUT2D eigenvalue weighted by Gasteiger charge is 2.28. The van der Waals surface area contributed by atoms with Gasteiger partial charge in [-0.2, -0.15) is 0 Å². The lowest BCUT2D eigenvalue weighted by Crippen LogP contribution is -2.24. The summed E-state index contributed by atoms with van der Waals surface area (Å²) in [4.78, 5) is 21.2. The van der Waals surface area contributed by atoms with Crippen molar-refractivity contribution in [3.63, 3.8) is 0 Å². The molecule has 0 fully saturated rings. The summed E-state index contributed by atoms with van der Waals surface area (Å²) in [6, 6.07) is 1.87. The molecular weight excluding hydrogens is 290 g/mol. The average molecular weight is 303 g/mol. The van der Waals surface area contributed by atoms with Crippen LogP contribution in [0, 0.1) is 10.1 Å². The predicted molar refractivity (Wildman–Crippen MR) is 69.0 cm³/mol. The van der Waals surface area contributed by atoms with Crippen molar-refractivity contribution < 1.29 is 22.9 Å². The maximum Gasteiger partial charge on any atom is 0.313 e. The quantitative estimate of drug-likeness (QED) is 0.579. The first kappa shape index (κ1) is 15.9. The van der Waals surface area contributed by atoms with E-state index in [0.29, 0.717) is 0 Å². The number of rotatable bonds is 5. The van der Waals surface area contributed by atoms with Gasteiger partial charge < -0.3 is 10.1 Å². The minimum atomic E-state index is -4.28. The molecule has 0 aromatic heterocycles. The van der Waals surface area contributed by atoms with Gasteiger partial charge in [-0.1, -0.05) is 0 Å². The molecule has 10 heteroatoms. The van der Waals surface area contributed by atoms with Gasteiger partial charge in [-0.3, -0.25) is 14.9 Å². The van der Waals surface area contributed by atoms with E-state index in [1.807, 2.05) is 0 Å². The molecule has 0 saturated carbocycles. The fourth-order valence-electron chi connectivity index (χ4n) is 1.53. The lowest BCUT2D eigenvalue weighted by atomic mass is 10.1. The monoisotopic (exact) mass is 303 g/mol. The highest BCUT2D eigenvalue weighted by molar-refractivity contribution is 7.89. The predicted octanol–water partition coefficient (Wildman–Crippen LogP) is 0.000500. The number of nitrogens with zero attached hydrogens (tertiary/aromatic N) is 1. The van der Waals surface area contributed by atoms with Crippen LogP contribution in [0.3, 0.4) is 0 Å². The van der Waals surface area contributed by atoms with Crippen LogP contribution in [0.4, 0.5) is 5.69 Å². The number of carbonyl (C=O) groups excluding carboxylic acids is 1. The maximum absolute atomic E-state index is 11.7. The van der Waals surface area contributed by atoms with Crippen LogP contribution in [0.5, 0.6) is 5.75 Å². The van der Waals surface area contributed by atoms with Gasteiger partial charge in [-0.25, -0.2) is 13.6 Å². The largest absolute Gasteiger partial charge is 0.489 e. The number of nitro groups is 1. The highest BCUT2D eigenvalue weighted by Crippen LogP contribution is 2.34. The fraction of sp³-hybridized carbons (Fsp3) is 0.300. The Morgan fingerprint density at radius 1 is 1.50 bits per heavy atom. The third kappa shape index (κ3) is 3.22. The molecule has 20 heavy (non-hydrogen) atoms. The number of ether oxygens (including phenoxy) is 1. The van der Waals surface area contributed by atoms with E-state index in [1.54, 1.807) is 6.92 Å². The third-order valence-corrected chi connectivity index (χ3v) is 3.26. The molecule has 0 aliphatic rings. The summed E-state index contributed by atoms with van der Waals surface area (Å²) < 4.78 is 27.7. The molecule has 9 nitrogen and oxygen atoms in total. The number of nitrogens with one attached hydrogen (secondary N) is 1. The van der Waals surface area contributed by atoms with Gasteiger partial charge in [0.15, 0.2) is 0 Å². The molecule has 0 aliphatic carbocycles. The van der Waals surface area contributed by atoms with Crippen molar-refractivity contribution in [1.82, 2.24) is 5.32 Å². The number of nitrogens with two attached hydrogens (primary N) is 1. The zero-order valence-electron chi connectivity index (χ0n) is 10.7. The number of primary sulfonamides is 1. The second-order valence-corrected chi connectivity index (χ2v) is 5.22. The summed E-state index contributed by atoms with van der Waals surface area (Å²) in [5.74, 6) is -1.16. The van der Waals surface area contributed by atoms with E-state index >= 15 is 0 Å². The smallest absolute Gasteiger partial charge is 0.313 e. The minimum absolute atomic E-state index is 0.191. The van der Waals surface area contributed by atoms with E-state index in [1.165, 1.54) is 0 Å². The standard InChI is InChI=1S/C10H13N3O6S/c1-3-12-10(14)6-4-7(13(15)16)9(19-2)8(5-6)20(11,17)18/h4-5H,3H2,1-2H3,(H,12,14)(H2,11,17,18). The number of hydrogen-bond donors (Lipinski definition) is 2. The summed E-state index contributed by atoms with van der Waals surface area (Å²) in [7, 11) is -3.21. The van der Waals surface area contributed by atoms with E-state index in [2.05, 4.69) is 5.32 Å². The molecule has 3 N–H and O–H groups in total. The molecule has 0 unspecified atom stereocenters. The number of carbonyl (C=O) groups is 1. The van der Waals surface area contributed by atoms with Gasteiger partial charge in [0.2, 0.25) is 15.8 Å². The van der Waals surface area contributed by atoms with E-state index in [0.717, 1.165) is 19.2 Å². The average Bonchev–Trinajstić information content (AvgIpc) is 2.36. The summed E-state index contributed by atoms with van der Waals surface area (Å²) in [6.45, 7) is 1.93. The first-order chi connectivity index (χ1) is 9.22. The van der Waals surface area contributed by atoms with Gasteiger partial charge in [-0.15, -0.1) is 0 Å². The molecule has 1 aromatic carbocycles. The van der Waals surface area contributed by atoms with E-state index < -0.39 is 37.2 Å². The minimum Gasteiger partial charge on any atom is -0.489 e.